The maximum absolute atomic E-state index is 14.0. The van der Waals surface area contributed by atoms with Crippen LogP contribution < -0.4 is 21.3 Å². The van der Waals surface area contributed by atoms with Crippen LogP contribution in [-0.2, 0) is 47.6 Å². The third kappa shape index (κ3) is 14.9. The Balaban J connectivity index is 1.33. The molecule has 1 heterocycles. The van der Waals surface area contributed by atoms with Crippen LogP contribution >= 0.6 is 0 Å². The number of nitrogens with one attached hydrogen (secondary N) is 4. The number of rotatable bonds is 12. The Morgan fingerprint density at radius 2 is 0.548 bits per heavy atom. The molecule has 0 aromatic heterocycles. The molecule has 332 valence electrons. The fourth-order valence-electron chi connectivity index (χ4n) is 6.82. The molecule has 8 atom stereocenters. The third-order valence-corrected chi connectivity index (χ3v) is 10.3. The maximum Gasteiger partial charge on any atom is 0.252 e. The van der Waals surface area contributed by atoms with Gasteiger partial charge >= 0.3 is 0 Å². The zero-order chi connectivity index (χ0) is 44.1. The highest BCUT2D eigenvalue weighted by Gasteiger charge is 2.39. The van der Waals surface area contributed by atoms with Crippen molar-refractivity contribution in [2.75, 3.05) is 52.9 Å². The minimum Gasteiger partial charge on any atom is -0.377 e. The zero-order valence-corrected chi connectivity index (χ0v) is 35.9. The van der Waals surface area contributed by atoms with E-state index in [1.54, 1.807) is 0 Å². The van der Waals surface area contributed by atoms with E-state index in [1.165, 1.54) is 0 Å². The molecule has 0 aliphatic carbocycles. The van der Waals surface area contributed by atoms with E-state index < -0.39 is 72.2 Å². The molecule has 1 saturated heterocycles. The van der Waals surface area contributed by atoms with E-state index in [0.717, 1.165) is 22.3 Å². The van der Waals surface area contributed by atoms with Gasteiger partial charge in [-0.3, -0.25) is 19.2 Å². The van der Waals surface area contributed by atoms with Gasteiger partial charge in [0.2, 0.25) is 0 Å². The van der Waals surface area contributed by atoms with Crippen LogP contribution in [0.3, 0.4) is 0 Å². The Morgan fingerprint density at radius 1 is 0.355 bits per heavy atom. The highest BCUT2D eigenvalue weighted by molar-refractivity contribution is 5.92. The quantitative estimate of drug-likeness (QED) is 0.151. The van der Waals surface area contributed by atoms with E-state index in [1.807, 2.05) is 149 Å². The van der Waals surface area contributed by atoms with Gasteiger partial charge in [0.05, 0.1) is 77.0 Å². The van der Waals surface area contributed by atoms with Gasteiger partial charge < -0.3 is 49.7 Å². The Bertz CT molecular complexity index is 1660. The van der Waals surface area contributed by atoms with Crippen LogP contribution in [0, 0.1) is 0 Å². The van der Waals surface area contributed by atoms with E-state index >= 15 is 0 Å². The van der Waals surface area contributed by atoms with Crippen LogP contribution in [0.2, 0.25) is 0 Å². The number of amides is 4. The molecule has 0 bridgehead atoms. The number of hydrogen-bond acceptors (Lipinski definition) is 10. The van der Waals surface area contributed by atoms with Crippen molar-refractivity contribution in [3.63, 3.8) is 0 Å². The van der Waals surface area contributed by atoms with Crippen molar-refractivity contribution in [1.82, 2.24) is 21.3 Å². The molecule has 14 heteroatoms. The van der Waals surface area contributed by atoms with E-state index in [0.29, 0.717) is 0 Å². The van der Waals surface area contributed by atoms with Crippen molar-refractivity contribution in [3.05, 3.63) is 144 Å². The van der Waals surface area contributed by atoms with Gasteiger partial charge in [-0.05, 0) is 49.9 Å². The van der Waals surface area contributed by atoms with Gasteiger partial charge in [0.15, 0.2) is 24.4 Å². The average molecular weight is 853 g/mol. The predicted molar refractivity (Wildman–Crippen MR) is 233 cm³/mol. The lowest BCUT2D eigenvalue weighted by Crippen LogP contribution is -2.53. The minimum absolute atomic E-state index is 0.00381. The standard InChI is InChI=1S/C48H60N4O10/c1-33(37-17-9-5-10-18-37)49-45(53)41-42(46(54)50-34(2)38-19-11-6-12-20-38)60-30-26-58-28-32-62-44(48(56)52-36(4)40-23-15-8-16-24-40)43(61-31-27-57-25-29-59-41)47(55)51-35(3)39-21-13-7-14-22-39/h5-24,33-36,41-44H,25-32H2,1-4H3,(H,49,53)(H,50,54)(H,51,55)(H,52,56)/t33?,34?,35?,36?,41-,42-,43-,44-/m0/s1. The smallest absolute Gasteiger partial charge is 0.252 e. The Morgan fingerprint density at radius 3 is 0.742 bits per heavy atom. The lowest BCUT2D eigenvalue weighted by Gasteiger charge is -2.29. The first-order valence-electron chi connectivity index (χ1n) is 21.2. The van der Waals surface area contributed by atoms with E-state index in [2.05, 4.69) is 21.3 Å². The fraction of sp³-hybridized carbons (Fsp3) is 0.417. The summed E-state index contributed by atoms with van der Waals surface area (Å²) in [6.07, 6.45) is -5.49. The second-order valence-corrected chi connectivity index (χ2v) is 15.0. The van der Waals surface area contributed by atoms with Gasteiger partial charge in [-0.2, -0.15) is 0 Å². The lowest BCUT2D eigenvalue weighted by atomic mass is 10.1. The summed E-state index contributed by atoms with van der Waals surface area (Å²) in [5.74, 6) is -2.20. The summed E-state index contributed by atoms with van der Waals surface area (Å²) in [6, 6.07) is 36.1. The van der Waals surface area contributed by atoms with Gasteiger partial charge in [0.1, 0.15) is 0 Å². The first-order chi connectivity index (χ1) is 30.1. The molecule has 4 aromatic rings. The maximum atomic E-state index is 14.0. The summed E-state index contributed by atoms with van der Waals surface area (Å²) < 4.78 is 36.2. The van der Waals surface area contributed by atoms with Gasteiger partial charge in [-0.1, -0.05) is 121 Å². The monoisotopic (exact) mass is 852 g/mol. The predicted octanol–water partition coefficient (Wildman–Crippen LogP) is 5.08. The normalized spacial score (nSPS) is 21.6. The third-order valence-electron chi connectivity index (χ3n) is 10.3. The Labute approximate surface area is 364 Å². The highest BCUT2D eigenvalue weighted by atomic mass is 16.6. The second kappa shape index (κ2) is 25.5. The molecule has 4 unspecified atom stereocenters. The molecule has 4 aromatic carbocycles. The highest BCUT2D eigenvalue weighted by Crippen LogP contribution is 2.19. The minimum atomic E-state index is -1.37. The molecule has 1 aliphatic heterocycles. The molecular weight excluding hydrogens is 793 g/mol. The molecule has 1 aliphatic rings. The first kappa shape index (κ1) is 47.6. The SMILES string of the molecule is CC(NC(=O)[C@H]1OCCOCCO[C@H](C(=O)NC(C)c2ccccc2)[C@@H](C(=O)NC(C)c2ccccc2)OCCOCCO[C@@H]1C(=O)NC(C)c1ccccc1)c1ccccc1. The number of benzene rings is 4. The van der Waals surface area contributed by atoms with Crippen molar-refractivity contribution in [2.45, 2.75) is 76.3 Å². The summed E-state index contributed by atoms with van der Waals surface area (Å²) in [5, 5.41) is 11.9. The summed E-state index contributed by atoms with van der Waals surface area (Å²) in [6.45, 7) is 6.96. The van der Waals surface area contributed by atoms with Crippen molar-refractivity contribution in [2.24, 2.45) is 0 Å². The molecule has 5 rings (SSSR count). The molecular formula is C48H60N4O10. The molecule has 4 amide bonds. The van der Waals surface area contributed by atoms with Crippen molar-refractivity contribution >= 4 is 23.6 Å². The molecule has 0 saturated carbocycles. The van der Waals surface area contributed by atoms with Crippen LogP contribution in [0.15, 0.2) is 121 Å². The topological polar surface area (TPSA) is 172 Å². The molecule has 14 nitrogen and oxygen atoms in total. The first-order valence-corrected chi connectivity index (χ1v) is 21.2. The van der Waals surface area contributed by atoms with Crippen molar-refractivity contribution in [1.29, 1.82) is 0 Å². The number of carbonyl (C=O) groups excluding carboxylic acids is 4. The second-order valence-electron chi connectivity index (χ2n) is 15.0. The van der Waals surface area contributed by atoms with Gasteiger partial charge in [-0.15, -0.1) is 0 Å². The molecule has 62 heavy (non-hydrogen) atoms. The van der Waals surface area contributed by atoms with Crippen molar-refractivity contribution in [3.8, 4) is 0 Å². The molecule has 1 fully saturated rings. The Kier molecular flexibility index (Phi) is 19.5. The Hall–Kier alpha value is -5.48. The van der Waals surface area contributed by atoms with Crippen molar-refractivity contribution < 1.29 is 47.6 Å². The van der Waals surface area contributed by atoms with Gasteiger partial charge in [-0.25, -0.2) is 0 Å². The van der Waals surface area contributed by atoms with Crippen LogP contribution in [0.25, 0.3) is 0 Å². The number of ether oxygens (including phenoxy) is 6. The molecule has 0 spiro atoms. The molecule has 4 N–H and O–H groups in total. The number of hydrogen-bond donors (Lipinski definition) is 4. The summed E-state index contributed by atoms with van der Waals surface area (Å²) >= 11 is 0. The summed E-state index contributed by atoms with van der Waals surface area (Å²) in [7, 11) is 0. The van der Waals surface area contributed by atoms with Crippen LogP contribution in [0.5, 0.6) is 0 Å². The lowest BCUT2D eigenvalue weighted by molar-refractivity contribution is -0.165. The zero-order valence-electron chi connectivity index (χ0n) is 35.9. The average Bonchev–Trinajstić information content (AvgIpc) is 3.29. The van der Waals surface area contributed by atoms with E-state index in [-0.39, 0.29) is 52.9 Å². The molecule has 0 radical (unpaired) electrons. The summed E-state index contributed by atoms with van der Waals surface area (Å²) in [4.78, 5) is 56.0. The number of carbonyl (C=O) groups is 4. The fourth-order valence-corrected chi connectivity index (χ4v) is 6.82. The van der Waals surface area contributed by atoms with Crippen LogP contribution in [0.1, 0.15) is 74.1 Å². The van der Waals surface area contributed by atoms with E-state index in [4.69, 9.17) is 28.4 Å². The largest absolute Gasteiger partial charge is 0.377 e. The van der Waals surface area contributed by atoms with Gasteiger partial charge in [0, 0.05) is 0 Å². The van der Waals surface area contributed by atoms with E-state index in [9.17, 15) is 19.2 Å². The summed E-state index contributed by atoms with van der Waals surface area (Å²) in [5.41, 5.74) is 3.47. The van der Waals surface area contributed by atoms with Crippen LogP contribution in [-0.4, -0.2) is 101 Å². The van der Waals surface area contributed by atoms with Gasteiger partial charge in [0.25, 0.3) is 23.6 Å². The van der Waals surface area contributed by atoms with Crippen LogP contribution in [0.4, 0.5) is 0 Å².